The third-order valence-electron chi connectivity index (χ3n) is 4.24. The predicted octanol–water partition coefficient (Wildman–Crippen LogP) is 1.96. The van der Waals surface area contributed by atoms with E-state index in [1.165, 1.54) is 5.56 Å². The number of nitrogens with one attached hydrogen (secondary N) is 1. The lowest BCUT2D eigenvalue weighted by Gasteiger charge is -2.49. The summed E-state index contributed by atoms with van der Waals surface area (Å²) in [7, 11) is 0. The maximum Gasteiger partial charge on any atom is 0.258 e. The quantitative estimate of drug-likeness (QED) is 0.884. The summed E-state index contributed by atoms with van der Waals surface area (Å²) in [6.07, 6.45) is 0.274. The number of ether oxygens (including phenoxy) is 1. The molecule has 1 fully saturated rings. The van der Waals surface area contributed by atoms with Gasteiger partial charge in [-0.15, -0.1) is 0 Å². The monoisotopic (exact) mass is 277 g/mol. The van der Waals surface area contributed by atoms with Crippen molar-refractivity contribution in [3.8, 4) is 5.75 Å². The lowest BCUT2D eigenvalue weighted by molar-refractivity contribution is -0.131. The van der Waals surface area contributed by atoms with Gasteiger partial charge in [0.15, 0.2) is 6.61 Å². The fraction of sp³-hybridized carbons (Fsp3) is 0.562. The highest BCUT2D eigenvalue weighted by atomic mass is 16.5. The van der Waals surface area contributed by atoms with Gasteiger partial charge in [0, 0.05) is 11.5 Å². The summed E-state index contributed by atoms with van der Waals surface area (Å²) >= 11 is 0. The number of rotatable bonds is 4. The van der Waals surface area contributed by atoms with Crippen molar-refractivity contribution in [2.75, 3.05) is 6.61 Å². The van der Waals surface area contributed by atoms with Gasteiger partial charge >= 0.3 is 0 Å². The number of amides is 1. The van der Waals surface area contributed by atoms with Crippen LogP contribution in [0.5, 0.6) is 5.75 Å². The molecule has 1 aliphatic carbocycles. The van der Waals surface area contributed by atoms with Crippen molar-refractivity contribution in [2.45, 2.75) is 46.3 Å². The van der Waals surface area contributed by atoms with E-state index in [0.29, 0.717) is 6.42 Å². The maximum atomic E-state index is 11.9. The van der Waals surface area contributed by atoms with E-state index in [4.69, 9.17) is 4.74 Å². The third-order valence-corrected chi connectivity index (χ3v) is 4.24. The molecule has 1 saturated carbocycles. The van der Waals surface area contributed by atoms with Crippen LogP contribution in [0.4, 0.5) is 0 Å². The fourth-order valence-corrected chi connectivity index (χ4v) is 2.49. The zero-order chi connectivity index (χ0) is 14.9. The molecule has 0 aromatic heterocycles. The topological polar surface area (TPSA) is 58.6 Å². The number of hydrogen-bond donors (Lipinski definition) is 2. The van der Waals surface area contributed by atoms with E-state index in [0.717, 1.165) is 11.3 Å². The van der Waals surface area contributed by atoms with Crippen molar-refractivity contribution in [3.63, 3.8) is 0 Å². The van der Waals surface area contributed by atoms with E-state index < -0.39 is 0 Å². The summed E-state index contributed by atoms with van der Waals surface area (Å²) in [5, 5.41) is 12.6. The molecular weight excluding hydrogens is 254 g/mol. The Morgan fingerprint density at radius 2 is 2.15 bits per heavy atom. The van der Waals surface area contributed by atoms with Crippen LogP contribution in [-0.2, 0) is 4.79 Å². The van der Waals surface area contributed by atoms with Crippen LogP contribution < -0.4 is 10.1 Å². The molecule has 1 aromatic carbocycles. The van der Waals surface area contributed by atoms with Crippen LogP contribution in [0.1, 0.15) is 31.4 Å². The van der Waals surface area contributed by atoms with Crippen molar-refractivity contribution in [1.82, 2.24) is 5.32 Å². The second-order valence-corrected chi connectivity index (χ2v) is 6.25. The van der Waals surface area contributed by atoms with Gasteiger partial charge in [-0.1, -0.05) is 31.5 Å². The van der Waals surface area contributed by atoms with Crippen LogP contribution in [0, 0.1) is 19.3 Å². The molecule has 4 nitrogen and oxygen atoms in total. The average molecular weight is 277 g/mol. The predicted molar refractivity (Wildman–Crippen MR) is 77.7 cm³/mol. The molecule has 2 atom stereocenters. The molecule has 1 aliphatic rings. The molecule has 4 heteroatoms. The van der Waals surface area contributed by atoms with E-state index in [-0.39, 0.29) is 30.1 Å². The highest BCUT2D eigenvalue weighted by molar-refractivity contribution is 5.78. The van der Waals surface area contributed by atoms with E-state index in [9.17, 15) is 9.90 Å². The van der Waals surface area contributed by atoms with Crippen LogP contribution in [0.15, 0.2) is 18.2 Å². The average Bonchev–Trinajstić information content (AvgIpc) is 2.37. The number of carbonyl (C=O) groups excluding carboxylic acids is 1. The van der Waals surface area contributed by atoms with Gasteiger partial charge in [0.1, 0.15) is 5.75 Å². The fourth-order valence-electron chi connectivity index (χ4n) is 2.49. The SMILES string of the molecule is Cc1ccc(OCC(=O)NC2CC(O)C2(C)C)c(C)c1. The molecule has 0 spiro atoms. The van der Waals surface area contributed by atoms with E-state index in [2.05, 4.69) is 5.32 Å². The van der Waals surface area contributed by atoms with Gasteiger partial charge in [0.2, 0.25) is 0 Å². The number of aliphatic hydroxyl groups excluding tert-OH is 1. The minimum absolute atomic E-state index is 0.00652. The number of hydrogen-bond acceptors (Lipinski definition) is 3. The largest absolute Gasteiger partial charge is 0.484 e. The Morgan fingerprint density at radius 3 is 2.70 bits per heavy atom. The van der Waals surface area contributed by atoms with Crippen LogP contribution in [0.25, 0.3) is 0 Å². The molecule has 2 unspecified atom stereocenters. The lowest BCUT2D eigenvalue weighted by Crippen LogP contribution is -2.61. The molecule has 2 N–H and O–H groups in total. The molecule has 1 aromatic rings. The molecule has 1 amide bonds. The summed E-state index contributed by atoms with van der Waals surface area (Å²) in [5.74, 6) is 0.591. The van der Waals surface area contributed by atoms with Gasteiger partial charge in [-0.25, -0.2) is 0 Å². The Morgan fingerprint density at radius 1 is 1.45 bits per heavy atom. The molecule has 2 rings (SSSR count). The summed E-state index contributed by atoms with van der Waals surface area (Å²) < 4.78 is 5.54. The first-order chi connectivity index (χ1) is 9.30. The van der Waals surface area contributed by atoms with Crippen molar-refractivity contribution in [1.29, 1.82) is 0 Å². The molecule has 0 heterocycles. The minimum atomic E-state index is -0.340. The van der Waals surface area contributed by atoms with Gasteiger partial charge in [-0.3, -0.25) is 4.79 Å². The van der Waals surface area contributed by atoms with Gasteiger partial charge < -0.3 is 15.2 Å². The Labute approximate surface area is 120 Å². The van der Waals surface area contributed by atoms with Gasteiger partial charge in [0.05, 0.1) is 6.10 Å². The second-order valence-electron chi connectivity index (χ2n) is 6.25. The van der Waals surface area contributed by atoms with Gasteiger partial charge in [-0.05, 0) is 31.9 Å². The summed E-state index contributed by atoms with van der Waals surface area (Å²) in [6, 6.07) is 5.90. The molecular formula is C16H23NO3. The molecule has 0 aliphatic heterocycles. The number of aliphatic hydroxyl groups is 1. The summed E-state index contributed by atoms with van der Waals surface area (Å²) in [4.78, 5) is 11.9. The van der Waals surface area contributed by atoms with Crippen molar-refractivity contribution >= 4 is 5.91 Å². The summed E-state index contributed by atoms with van der Waals surface area (Å²) in [6.45, 7) is 7.90. The Hall–Kier alpha value is -1.55. The second kappa shape index (κ2) is 5.44. The van der Waals surface area contributed by atoms with Crippen molar-refractivity contribution in [3.05, 3.63) is 29.3 Å². The van der Waals surface area contributed by atoms with E-state index in [1.807, 2.05) is 45.9 Å². The Bertz CT molecular complexity index is 510. The minimum Gasteiger partial charge on any atom is -0.484 e. The Kier molecular flexibility index (Phi) is 4.04. The highest BCUT2D eigenvalue weighted by Gasteiger charge is 2.47. The third kappa shape index (κ3) is 2.96. The van der Waals surface area contributed by atoms with Crippen LogP contribution >= 0.6 is 0 Å². The van der Waals surface area contributed by atoms with Crippen molar-refractivity contribution < 1.29 is 14.6 Å². The number of benzene rings is 1. The molecule has 110 valence electrons. The lowest BCUT2D eigenvalue weighted by atomic mass is 9.64. The van der Waals surface area contributed by atoms with E-state index in [1.54, 1.807) is 0 Å². The van der Waals surface area contributed by atoms with Crippen LogP contribution in [0.2, 0.25) is 0 Å². The molecule has 0 bridgehead atoms. The number of carbonyl (C=O) groups is 1. The zero-order valence-corrected chi connectivity index (χ0v) is 12.6. The molecule has 0 saturated heterocycles. The molecule has 20 heavy (non-hydrogen) atoms. The first kappa shape index (κ1) is 14.9. The van der Waals surface area contributed by atoms with Gasteiger partial charge in [0.25, 0.3) is 5.91 Å². The summed E-state index contributed by atoms with van der Waals surface area (Å²) in [5.41, 5.74) is 1.94. The molecule has 0 radical (unpaired) electrons. The van der Waals surface area contributed by atoms with Gasteiger partial charge in [-0.2, -0.15) is 0 Å². The first-order valence-electron chi connectivity index (χ1n) is 6.98. The van der Waals surface area contributed by atoms with Crippen LogP contribution in [-0.4, -0.2) is 29.8 Å². The smallest absolute Gasteiger partial charge is 0.258 e. The van der Waals surface area contributed by atoms with Crippen molar-refractivity contribution in [2.24, 2.45) is 5.41 Å². The normalized spacial score (nSPS) is 23.9. The highest BCUT2D eigenvalue weighted by Crippen LogP contribution is 2.40. The zero-order valence-electron chi connectivity index (χ0n) is 12.6. The Balaban J connectivity index is 1.84. The van der Waals surface area contributed by atoms with E-state index >= 15 is 0 Å². The number of aryl methyl sites for hydroxylation is 2. The standard InChI is InChI=1S/C16H23NO3/c1-10-5-6-12(11(2)7-10)20-9-15(19)17-13-8-14(18)16(13,3)4/h5-7,13-14,18H,8-9H2,1-4H3,(H,17,19). The maximum absolute atomic E-state index is 11.9. The van der Waals surface area contributed by atoms with Crippen LogP contribution in [0.3, 0.4) is 0 Å². The first-order valence-corrected chi connectivity index (χ1v) is 6.98.